The predicted molar refractivity (Wildman–Crippen MR) is 89.3 cm³/mol. The van der Waals surface area contributed by atoms with Crippen LogP contribution in [-0.4, -0.2) is 19.0 Å². The molecule has 1 amide bonds. The van der Waals surface area contributed by atoms with E-state index in [2.05, 4.69) is 40.3 Å². The zero-order chi connectivity index (χ0) is 15.1. The molecule has 0 heterocycles. The fraction of sp³-hybridized carbons (Fsp3) is 0.235. The number of carbonyl (C=O) groups excluding carboxylic acids is 1. The van der Waals surface area contributed by atoms with Crippen LogP contribution in [0.5, 0.6) is 0 Å². The van der Waals surface area contributed by atoms with Crippen molar-refractivity contribution in [2.75, 3.05) is 18.4 Å². The number of benzene rings is 2. The van der Waals surface area contributed by atoms with Gasteiger partial charge < -0.3 is 10.2 Å². The number of anilines is 1. The van der Waals surface area contributed by atoms with Gasteiger partial charge in [0.2, 0.25) is 0 Å². The average Bonchev–Trinajstić information content (AvgIpc) is 2.50. The molecule has 0 aliphatic carbocycles. The Labute approximate surface area is 134 Å². The van der Waals surface area contributed by atoms with Gasteiger partial charge in [0, 0.05) is 10.0 Å². The van der Waals surface area contributed by atoms with Gasteiger partial charge in [-0.3, -0.25) is 4.79 Å². The molecule has 0 saturated carbocycles. The number of nitrogens with one attached hydrogen (secondary N) is 2. The molecule has 0 aliphatic heterocycles. The molecule has 0 radical (unpaired) electrons. The highest BCUT2D eigenvalue weighted by Crippen LogP contribution is 2.20. The van der Waals surface area contributed by atoms with Crippen LogP contribution in [0.4, 0.5) is 5.69 Å². The molecular weight excluding hydrogens is 328 g/mol. The maximum atomic E-state index is 12.2. The fourth-order valence-corrected chi connectivity index (χ4v) is 2.56. The minimum Gasteiger partial charge on any atom is -0.324 e. The van der Waals surface area contributed by atoms with Gasteiger partial charge in [0.1, 0.15) is 6.54 Å². The third kappa shape index (κ3) is 4.99. The monoisotopic (exact) mass is 347 g/mol. The molecule has 0 bridgehead atoms. The summed E-state index contributed by atoms with van der Waals surface area (Å²) in [6, 6.07) is 17.9. The lowest BCUT2D eigenvalue weighted by Crippen LogP contribution is -3.11. The van der Waals surface area contributed by atoms with Gasteiger partial charge in [0.05, 0.1) is 12.2 Å². The second-order valence-corrected chi connectivity index (χ2v) is 5.83. The molecule has 1 atom stereocenters. The molecule has 0 spiro atoms. The predicted octanol–water partition coefficient (Wildman–Crippen LogP) is 2.49. The molecule has 0 fully saturated rings. The first-order valence-electron chi connectivity index (χ1n) is 7.11. The number of halogens is 1. The molecule has 4 heteroatoms. The first-order chi connectivity index (χ1) is 10.2. The van der Waals surface area contributed by atoms with Crippen molar-refractivity contribution in [1.82, 2.24) is 0 Å². The highest BCUT2D eigenvalue weighted by molar-refractivity contribution is 9.10. The van der Waals surface area contributed by atoms with Crippen LogP contribution in [0.15, 0.2) is 59.1 Å². The second-order valence-electron chi connectivity index (χ2n) is 4.97. The number of hydrogen-bond acceptors (Lipinski definition) is 1. The van der Waals surface area contributed by atoms with E-state index in [1.54, 1.807) is 0 Å². The summed E-state index contributed by atoms with van der Waals surface area (Å²) in [5.74, 6) is 0.0367. The van der Waals surface area contributed by atoms with Crippen molar-refractivity contribution in [3.8, 4) is 0 Å². The molecule has 0 aliphatic rings. The van der Waals surface area contributed by atoms with Crippen molar-refractivity contribution in [1.29, 1.82) is 0 Å². The normalized spacial score (nSPS) is 11.9. The Balaban J connectivity index is 1.92. The molecule has 2 N–H and O–H groups in total. The summed E-state index contributed by atoms with van der Waals surface area (Å²) in [6.07, 6.45) is 0. The van der Waals surface area contributed by atoms with Crippen LogP contribution in [-0.2, 0) is 11.3 Å². The van der Waals surface area contributed by atoms with Crippen molar-refractivity contribution in [2.45, 2.75) is 13.5 Å². The summed E-state index contributed by atoms with van der Waals surface area (Å²) in [5, 5.41) is 2.95. The minimum absolute atomic E-state index is 0.0367. The zero-order valence-electron chi connectivity index (χ0n) is 12.1. The quantitative estimate of drug-likeness (QED) is 0.826. The maximum Gasteiger partial charge on any atom is 0.279 e. The van der Waals surface area contributed by atoms with E-state index in [-0.39, 0.29) is 5.91 Å². The lowest BCUT2D eigenvalue weighted by atomic mass is 10.2. The van der Waals surface area contributed by atoms with Crippen molar-refractivity contribution in [3.05, 3.63) is 64.6 Å². The van der Waals surface area contributed by atoms with Crippen LogP contribution in [0.2, 0.25) is 0 Å². The van der Waals surface area contributed by atoms with Crippen molar-refractivity contribution in [2.24, 2.45) is 0 Å². The van der Waals surface area contributed by atoms with Gasteiger partial charge in [-0.05, 0) is 35.0 Å². The summed E-state index contributed by atoms with van der Waals surface area (Å²) < 4.78 is 0.902. The van der Waals surface area contributed by atoms with E-state index in [1.165, 1.54) is 10.5 Å². The van der Waals surface area contributed by atoms with Crippen LogP contribution in [0.25, 0.3) is 0 Å². The number of quaternary nitrogens is 1. The van der Waals surface area contributed by atoms with Crippen LogP contribution >= 0.6 is 15.9 Å². The first-order valence-corrected chi connectivity index (χ1v) is 7.90. The molecule has 2 aromatic carbocycles. The Hall–Kier alpha value is -1.65. The number of hydrogen-bond donors (Lipinski definition) is 2. The molecular formula is C17H20BrN2O+. The Morgan fingerprint density at radius 3 is 2.43 bits per heavy atom. The van der Waals surface area contributed by atoms with E-state index >= 15 is 0 Å². The summed E-state index contributed by atoms with van der Waals surface area (Å²) in [7, 11) is 0. The molecule has 21 heavy (non-hydrogen) atoms. The summed E-state index contributed by atoms with van der Waals surface area (Å²) in [6.45, 7) is 4.34. The Kier molecular flexibility index (Phi) is 5.96. The smallest absolute Gasteiger partial charge is 0.279 e. The molecule has 1 unspecified atom stereocenters. The van der Waals surface area contributed by atoms with Gasteiger partial charge in [0.25, 0.3) is 5.91 Å². The summed E-state index contributed by atoms with van der Waals surface area (Å²) in [5.41, 5.74) is 2.07. The van der Waals surface area contributed by atoms with Gasteiger partial charge in [-0.15, -0.1) is 0 Å². The Morgan fingerprint density at radius 2 is 1.76 bits per heavy atom. The molecule has 2 rings (SSSR count). The van der Waals surface area contributed by atoms with Crippen LogP contribution in [0.1, 0.15) is 12.5 Å². The maximum absolute atomic E-state index is 12.2. The van der Waals surface area contributed by atoms with Gasteiger partial charge in [-0.1, -0.05) is 42.5 Å². The third-order valence-corrected chi connectivity index (χ3v) is 4.05. The lowest BCUT2D eigenvalue weighted by Gasteiger charge is -2.17. The van der Waals surface area contributed by atoms with E-state index in [0.29, 0.717) is 6.54 Å². The zero-order valence-corrected chi connectivity index (χ0v) is 13.7. The van der Waals surface area contributed by atoms with Crippen molar-refractivity contribution < 1.29 is 9.69 Å². The fourth-order valence-electron chi connectivity index (χ4n) is 2.18. The highest BCUT2D eigenvalue weighted by Gasteiger charge is 2.14. The second kappa shape index (κ2) is 7.96. The lowest BCUT2D eigenvalue weighted by molar-refractivity contribution is -0.903. The van der Waals surface area contributed by atoms with Crippen molar-refractivity contribution >= 4 is 27.5 Å². The van der Waals surface area contributed by atoms with E-state index in [4.69, 9.17) is 0 Å². The van der Waals surface area contributed by atoms with Crippen LogP contribution in [0, 0.1) is 0 Å². The van der Waals surface area contributed by atoms with Crippen molar-refractivity contribution in [3.63, 3.8) is 0 Å². The number of para-hydroxylation sites is 1. The Morgan fingerprint density at radius 1 is 1.10 bits per heavy atom. The third-order valence-electron chi connectivity index (χ3n) is 3.36. The van der Waals surface area contributed by atoms with Gasteiger partial charge in [-0.2, -0.15) is 0 Å². The number of likely N-dealkylation sites (N-methyl/N-ethyl adjacent to an activating group) is 1. The average molecular weight is 348 g/mol. The van der Waals surface area contributed by atoms with E-state index in [1.807, 2.05) is 42.5 Å². The largest absolute Gasteiger partial charge is 0.324 e. The molecule has 0 saturated heterocycles. The number of carbonyl (C=O) groups is 1. The van der Waals surface area contributed by atoms with E-state index < -0.39 is 0 Å². The molecule has 0 aromatic heterocycles. The van der Waals surface area contributed by atoms with Gasteiger partial charge in [0.15, 0.2) is 6.54 Å². The summed E-state index contributed by atoms with van der Waals surface area (Å²) in [4.78, 5) is 13.4. The molecule has 110 valence electrons. The number of amides is 1. The van der Waals surface area contributed by atoms with Gasteiger partial charge in [-0.25, -0.2) is 0 Å². The highest BCUT2D eigenvalue weighted by atomic mass is 79.9. The molecule has 3 nitrogen and oxygen atoms in total. The topological polar surface area (TPSA) is 33.5 Å². The minimum atomic E-state index is 0.0367. The van der Waals surface area contributed by atoms with Crippen LogP contribution < -0.4 is 10.2 Å². The van der Waals surface area contributed by atoms with Gasteiger partial charge >= 0.3 is 0 Å². The summed E-state index contributed by atoms with van der Waals surface area (Å²) >= 11 is 3.44. The first kappa shape index (κ1) is 15.7. The Bertz CT molecular complexity index is 586. The van der Waals surface area contributed by atoms with E-state index in [9.17, 15) is 4.79 Å². The number of rotatable bonds is 6. The molecule has 2 aromatic rings. The SMILES string of the molecule is CC[NH+](CC(=O)Nc1ccccc1Br)Cc1ccccc1. The standard InChI is InChI=1S/C17H19BrN2O/c1-2-20(12-14-8-4-3-5-9-14)13-17(21)19-16-11-7-6-10-15(16)18/h3-11H,2,12-13H2,1H3,(H,19,21)/p+1. The van der Waals surface area contributed by atoms with E-state index in [0.717, 1.165) is 23.2 Å². The van der Waals surface area contributed by atoms with Crippen LogP contribution in [0.3, 0.4) is 0 Å².